The summed E-state index contributed by atoms with van der Waals surface area (Å²) in [6, 6.07) is -0.194. The van der Waals surface area contributed by atoms with E-state index in [0.717, 1.165) is 12.8 Å². The van der Waals surface area contributed by atoms with Crippen molar-refractivity contribution in [2.24, 2.45) is 17.8 Å². The van der Waals surface area contributed by atoms with E-state index in [0.29, 0.717) is 18.3 Å². The SMILES string of the molecule is CC[C@H](CC(C)C)NC(=O)[C@H](CC(C)C)N(C)C(=O)C(C)C. The van der Waals surface area contributed by atoms with Crippen molar-refractivity contribution in [1.82, 2.24) is 10.2 Å². The van der Waals surface area contributed by atoms with Crippen molar-refractivity contribution in [2.45, 2.75) is 79.8 Å². The summed E-state index contributed by atoms with van der Waals surface area (Å²) in [6.45, 7) is 14.3. The van der Waals surface area contributed by atoms with E-state index in [1.54, 1.807) is 11.9 Å². The molecule has 130 valence electrons. The highest BCUT2D eigenvalue weighted by molar-refractivity contribution is 5.88. The molecule has 0 spiro atoms. The molecule has 0 radical (unpaired) electrons. The normalized spacial score (nSPS) is 14.3. The Morgan fingerprint density at radius 2 is 1.45 bits per heavy atom. The largest absolute Gasteiger partial charge is 0.352 e. The summed E-state index contributed by atoms with van der Waals surface area (Å²) in [5.74, 6) is 0.827. The fraction of sp³-hybridized carbons (Fsp3) is 0.889. The van der Waals surface area contributed by atoms with E-state index in [2.05, 4.69) is 39.9 Å². The van der Waals surface area contributed by atoms with E-state index in [9.17, 15) is 9.59 Å². The highest BCUT2D eigenvalue weighted by atomic mass is 16.2. The van der Waals surface area contributed by atoms with Crippen LogP contribution in [-0.2, 0) is 9.59 Å². The van der Waals surface area contributed by atoms with Crippen LogP contribution in [0.25, 0.3) is 0 Å². The van der Waals surface area contributed by atoms with Gasteiger partial charge in [-0.25, -0.2) is 0 Å². The zero-order valence-corrected chi connectivity index (χ0v) is 15.8. The highest BCUT2D eigenvalue weighted by Crippen LogP contribution is 2.15. The fourth-order valence-electron chi connectivity index (χ4n) is 2.64. The van der Waals surface area contributed by atoms with Crippen LogP contribution in [0.1, 0.15) is 67.7 Å². The van der Waals surface area contributed by atoms with Gasteiger partial charge in [0, 0.05) is 19.0 Å². The molecule has 2 atom stereocenters. The molecule has 0 aliphatic heterocycles. The summed E-state index contributed by atoms with van der Waals surface area (Å²) in [5, 5.41) is 3.15. The molecule has 0 unspecified atom stereocenters. The second-order valence-electron chi connectivity index (χ2n) is 7.49. The van der Waals surface area contributed by atoms with Crippen molar-refractivity contribution in [1.29, 1.82) is 0 Å². The molecule has 0 saturated carbocycles. The Labute approximate surface area is 137 Å². The van der Waals surface area contributed by atoms with Gasteiger partial charge in [0.15, 0.2) is 0 Å². The Hall–Kier alpha value is -1.06. The van der Waals surface area contributed by atoms with Gasteiger partial charge in [0.25, 0.3) is 0 Å². The Balaban J connectivity index is 5.01. The smallest absolute Gasteiger partial charge is 0.243 e. The lowest BCUT2D eigenvalue weighted by molar-refractivity contribution is -0.142. The quantitative estimate of drug-likeness (QED) is 0.709. The lowest BCUT2D eigenvalue weighted by atomic mass is 9.98. The van der Waals surface area contributed by atoms with Crippen LogP contribution in [0, 0.1) is 17.8 Å². The van der Waals surface area contributed by atoms with Gasteiger partial charge in [-0.1, -0.05) is 48.5 Å². The molecule has 0 aromatic carbocycles. The lowest BCUT2D eigenvalue weighted by Crippen LogP contribution is -2.51. The number of carbonyl (C=O) groups excluding carboxylic acids is 2. The number of carbonyl (C=O) groups is 2. The summed E-state index contributed by atoms with van der Waals surface area (Å²) in [7, 11) is 1.75. The van der Waals surface area contributed by atoms with E-state index in [4.69, 9.17) is 0 Å². The van der Waals surface area contributed by atoms with Crippen LogP contribution in [0.5, 0.6) is 0 Å². The van der Waals surface area contributed by atoms with E-state index in [1.165, 1.54) is 0 Å². The maximum Gasteiger partial charge on any atom is 0.243 e. The van der Waals surface area contributed by atoms with Crippen molar-refractivity contribution < 1.29 is 9.59 Å². The first-order valence-corrected chi connectivity index (χ1v) is 8.67. The second-order valence-corrected chi connectivity index (χ2v) is 7.49. The molecular formula is C18H36N2O2. The molecule has 1 N–H and O–H groups in total. The predicted molar refractivity (Wildman–Crippen MR) is 92.5 cm³/mol. The maximum absolute atomic E-state index is 12.7. The van der Waals surface area contributed by atoms with Gasteiger partial charge in [-0.2, -0.15) is 0 Å². The van der Waals surface area contributed by atoms with E-state index >= 15 is 0 Å². The number of amides is 2. The Morgan fingerprint density at radius 1 is 0.955 bits per heavy atom. The first-order chi connectivity index (χ1) is 10.1. The minimum Gasteiger partial charge on any atom is -0.352 e. The van der Waals surface area contributed by atoms with Gasteiger partial charge in [-0.15, -0.1) is 0 Å². The average Bonchev–Trinajstić information content (AvgIpc) is 2.41. The Morgan fingerprint density at radius 3 is 1.82 bits per heavy atom. The number of rotatable bonds is 9. The van der Waals surface area contributed by atoms with Crippen LogP contribution < -0.4 is 5.32 Å². The summed E-state index contributed by atoms with van der Waals surface area (Å²) in [6.07, 6.45) is 2.58. The van der Waals surface area contributed by atoms with Gasteiger partial charge in [0.05, 0.1) is 0 Å². The molecule has 4 nitrogen and oxygen atoms in total. The van der Waals surface area contributed by atoms with Crippen molar-refractivity contribution in [3.63, 3.8) is 0 Å². The Kier molecular flexibility index (Phi) is 9.38. The molecule has 0 aromatic heterocycles. The molecule has 4 heteroatoms. The summed E-state index contributed by atoms with van der Waals surface area (Å²) in [5.41, 5.74) is 0. The van der Waals surface area contributed by atoms with E-state index in [1.807, 2.05) is 13.8 Å². The molecule has 0 bridgehead atoms. The van der Waals surface area contributed by atoms with Crippen molar-refractivity contribution in [2.75, 3.05) is 7.05 Å². The monoisotopic (exact) mass is 312 g/mol. The maximum atomic E-state index is 12.7. The number of nitrogens with one attached hydrogen (secondary N) is 1. The van der Waals surface area contributed by atoms with Crippen LogP contribution >= 0.6 is 0 Å². The fourth-order valence-corrected chi connectivity index (χ4v) is 2.64. The molecule has 2 amide bonds. The zero-order valence-electron chi connectivity index (χ0n) is 15.8. The first kappa shape index (κ1) is 20.9. The third-order valence-electron chi connectivity index (χ3n) is 3.90. The zero-order chi connectivity index (χ0) is 17.4. The van der Waals surface area contributed by atoms with E-state index < -0.39 is 0 Å². The molecule has 0 heterocycles. The first-order valence-electron chi connectivity index (χ1n) is 8.67. The predicted octanol–water partition coefficient (Wildman–Crippen LogP) is 3.46. The number of nitrogens with zero attached hydrogens (tertiary/aromatic N) is 1. The van der Waals surface area contributed by atoms with Gasteiger partial charge in [0.2, 0.25) is 11.8 Å². The van der Waals surface area contributed by atoms with Crippen LogP contribution in [0.15, 0.2) is 0 Å². The number of likely N-dealkylation sites (N-methyl/N-ethyl adjacent to an activating group) is 1. The molecule has 0 rings (SSSR count). The summed E-state index contributed by atoms with van der Waals surface area (Å²) in [4.78, 5) is 26.6. The van der Waals surface area contributed by atoms with Crippen LogP contribution in [0.4, 0.5) is 0 Å². The average molecular weight is 312 g/mol. The molecule has 0 aromatic rings. The van der Waals surface area contributed by atoms with Gasteiger partial charge < -0.3 is 10.2 Å². The summed E-state index contributed by atoms with van der Waals surface area (Å²) < 4.78 is 0. The molecule has 0 aliphatic carbocycles. The van der Waals surface area contributed by atoms with Gasteiger partial charge in [-0.3, -0.25) is 9.59 Å². The van der Waals surface area contributed by atoms with Crippen molar-refractivity contribution in [3.8, 4) is 0 Å². The standard InChI is InChI=1S/C18H36N2O2/c1-9-15(10-12(2)3)19-17(21)16(11-13(4)5)20(8)18(22)14(6)7/h12-16H,9-11H2,1-8H3,(H,19,21)/t15-,16+/m1/s1. The van der Waals surface area contributed by atoms with Gasteiger partial charge in [0.1, 0.15) is 6.04 Å². The summed E-state index contributed by atoms with van der Waals surface area (Å²) >= 11 is 0. The minimum absolute atomic E-state index is 0.0160. The highest BCUT2D eigenvalue weighted by Gasteiger charge is 2.29. The van der Waals surface area contributed by atoms with E-state index in [-0.39, 0.29) is 29.8 Å². The molecule has 0 aliphatic rings. The lowest BCUT2D eigenvalue weighted by Gasteiger charge is -2.31. The molecule has 0 saturated heterocycles. The second kappa shape index (κ2) is 9.86. The topological polar surface area (TPSA) is 49.4 Å². The molecular weight excluding hydrogens is 276 g/mol. The third kappa shape index (κ3) is 7.28. The van der Waals surface area contributed by atoms with Crippen LogP contribution in [0.3, 0.4) is 0 Å². The molecule has 0 fully saturated rings. The molecule has 22 heavy (non-hydrogen) atoms. The van der Waals surface area contributed by atoms with Crippen molar-refractivity contribution >= 4 is 11.8 Å². The van der Waals surface area contributed by atoms with Crippen LogP contribution in [-0.4, -0.2) is 35.8 Å². The van der Waals surface area contributed by atoms with Gasteiger partial charge in [-0.05, 0) is 31.1 Å². The third-order valence-corrected chi connectivity index (χ3v) is 3.90. The van der Waals surface area contributed by atoms with Crippen LogP contribution in [0.2, 0.25) is 0 Å². The minimum atomic E-state index is -0.379. The Bertz CT molecular complexity index is 351. The van der Waals surface area contributed by atoms with Crippen molar-refractivity contribution in [3.05, 3.63) is 0 Å². The number of hydrogen-bond donors (Lipinski definition) is 1. The van der Waals surface area contributed by atoms with Gasteiger partial charge >= 0.3 is 0 Å². The number of hydrogen-bond acceptors (Lipinski definition) is 2.